The number of hydrazone groups is 1. The first-order chi connectivity index (χ1) is 18.4. The molecule has 0 unspecified atom stereocenters. The van der Waals surface area contributed by atoms with Crippen LogP contribution in [0.25, 0.3) is 0 Å². The topological polar surface area (TPSA) is 106 Å². The van der Waals surface area contributed by atoms with Gasteiger partial charge < -0.3 is 14.8 Å². The minimum Gasteiger partial charge on any atom is -0.493 e. The molecule has 2 aromatic carbocycles. The largest absolute Gasteiger partial charge is 0.493 e. The number of carbonyl (C=O) groups is 3. The molecule has 0 aliphatic rings. The highest BCUT2D eigenvalue weighted by molar-refractivity contribution is 5.92. The predicted octanol–water partition coefficient (Wildman–Crippen LogP) is 5.71. The van der Waals surface area contributed by atoms with Crippen molar-refractivity contribution < 1.29 is 23.9 Å². The summed E-state index contributed by atoms with van der Waals surface area (Å²) in [6.07, 6.45) is 12.6. The highest BCUT2D eigenvalue weighted by Crippen LogP contribution is 2.28. The summed E-state index contributed by atoms with van der Waals surface area (Å²) in [5.41, 5.74) is 4.51. The monoisotopic (exact) mass is 523 g/mol. The van der Waals surface area contributed by atoms with Crippen molar-refractivity contribution >= 4 is 24.0 Å². The van der Waals surface area contributed by atoms with E-state index < -0.39 is 11.9 Å². The van der Waals surface area contributed by atoms with Gasteiger partial charge in [0.05, 0.1) is 25.4 Å². The third-order valence-corrected chi connectivity index (χ3v) is 6.03. The molecule has 2 amide bonds. The molecule has 0 heterocycles. The van der Waals surface area contributed by atoms with Crippen LogP contribution >= 0.6 is 0 Å². The van der Waals surface area contributed by atoms with Gasteiger partial charge in [-0.15, -0.1) is 0 Å². The second-order valence-corrected chi connectivity index (χ2v) is 9.31. The van der Waals surface area contributed by atoms with Crippen LogP contribution in [0.2, 0.25) is 0 Å². The minimum atomic E-state index is -0.489. The molecule has 0 bridgehead atoms. The molecule has 8 heteroatoms. The number of amides is 2. The van der Waals surface area contributed by atoms with Crippen LogP contribution < -0.4 is 20.2 Å². The van der Waals surface area contributed by atoms with Crippen molar-refractivity contribution in [3.8, 4) is 11.5 Å². The molecule has 2 rings (SSSR count). The fourth-order valence-corrected chi connectivity index (χ4v) is 3.78. The number of nitrogens with one attached hydrogen (secondary N) is 2. The Labute approximate surface area is 226 Å². The molecule has 0 saturated carbocycles. The number of hydrogen-bond acceptors (Lipinski definition) is 6. The number of esters is 1. The fourth-order valence-electron chi connectivity index (χ4n) is 3.78. The number of rotatable bonds is 17. The Balaban J connectivity index is 1.68. The van der Waals surface area contributed by atoms with Gasteiger partial charge in [-0.25, -0.2) is 10.2 Å². The number of ether oxygens (including phenoxy) is 2. The lowest BCUT2D eigenvalue weighted by Gasteiger charge is -2.10. The van der Waals surface area contributed by atoms with E-state index in [2.05, 4.69) is 22.8 Å². The lowest BCUT2D eigenvalue weighted by atomic mass is 10.1. The van der Waals surface area contributed by atoms with Gasteiger partial charge in [-0.3, -0.25) is 9.59 Å². The van der Waals surface area contributed by atoms with E-state index in [0.717, 1.165) is 24.8 Å². The first-order valence-corrected chi connectivity index (χ1v) is 13.5. The number of hydrogen-bond donors (Lipinski definition) is 2. The van der Waals surface area contributed by atoms with Crippen LogP contribution in [0.5, 0.6) is 11.5 Å². The van der Waals surface area contributed by atoms with E-state index in [9.17, 15) is 14.4 Å². The van der Waals surface area contributed by atoms with Gasteiger partial charge in [0.25, 0.3) is 5.91 Å². The second kappa shape index (κ2) is 17.7. The standard InChI is InChI=1S/C30H41N3O5/c1-4-5-6-7-8-9-10-11-12-13-28(34)31-22-29(35)33-32-21-24-16-19-26(27(20-24)37-3)38-30(36)25-17-14-23(2)15-18-25/h14-21H,4-13,22H2,1-3H3,(H,31,34)(H,33,35)/b32-21+. The Kier molecular flexibility index (Phi) is 14.2. The van der Waals surface area contributed by atoms with Crippen molar-refractivity contribution in [1.82, 2.24) is 10.7 Å². The van der Waals surface area contributed by atoms with Gasteiger partial charge in [0, 0.05) is 6.42 Å². The van der Waals surface area contributed by atoms with E-state index in [0.29, 0.717) is 23.3 Å². The molecule has 0 fully saturated rings. The normalized spacial score (nSPS) is 10.8. The average molecular weight is 524 g/mol. The average Bonchev–Trinajstić information content (AvgIpc) is 2.92. The van der Waals surface area contributed by atoms with E-state index in [-0.39, 0.29) is 18.2 Å². The molecule has 0 radical (unpaired) electrons. The molecular weight excluding hydrogens is 482 g/mol. The molecule has 0 saturated heterocycles. The van der Waals surface area contributed by atoms with E-state index in [1.54, 1.807) is 30.3 Å². The molecule has 2 aromatic rings. The summed E-state index contributed by atoms with van der Waals surface area (Å²) in [5.74, 6) is -0.417. The zero-order valence-corrected chi connectivity index (χ0v) is 22.9. The van der Waals surface area contributed by atoms with Crippen molar-refractivity contribution in [1.29, 1.82) is 0 Å². The van der Waals surface area contributed by atoms with Crippen molar-refractivity contribution in [2.24, 2.45) is 5.10 Å². The van der Waals surface area contributed by atoms with Gasteiger partial charge in [0.15, 0.2) is 11.5 Å². The van der Waals surface area contributed by atoms with Crippen molar-refractivity contribution in [3.63, 3.8) is 0 Å². The molecule has 206 valence electrons. The highest BCUT2D eigenvalue weighted by atomic mass is 16.6. The summed E-state index contributed by atoms with van der Waals surface area (Å²) in [7, 11) is 1.47. The first kappa shape index (κ1) is 30.5. The third-order valence-electron chi connectivity index (χ3n) is 6.03. The minimum absolute atomic E-state index is 0.132. The summed E-state index contributed by atoms with van der Waals surface area (Å²) in [4.78, 5) is 36.3. The van der Waals surface area contributed by atoms with E-state index in [1.807, 2.05) is 19.1 Å². The Morgan fingerprint density at radius 1 is 0.842 bits per heavy atom. The highest BCUT2D eigenvalue weighted by Gasteiger charge is 2.13. The predicted molar refractivity (Wildman–Crippen MR) is 150 cm³/mol. The smallest absolute Gasteiger partial charge is 0.343 e. The third kappa shape index (κ3) is 12.0. The van der Waals surface area contributed by atoms with Crippen LogP contribution in [0, 0.1) is 6.92 Å². The number of methoxy groups -OCH3 is 1. The molecule has 0 spiro atoms. The molecule has 0 aliphatic carbocycles. The molecule has 38 heavy (non-hydrogen) atoms. The lowest BCUT2D eigenvalue weighted by molar-refractivity contribution is -0.126. The molecule has 2 N–H and O–H groups in total. The van der Waals surface area contributed by atoms with E-state index >= 15 is 0 Å². The van der Waals surface area contributed by atoms with Gasteiger partial charge >= 0.3 is 5.97 Å². The second-order valence-electron chi connectivity index (χ2n) is 9.31. The Bertz CT molecular complexity index is 1050. The molecule has 0 atom stereocenters. The van der Waals surface area contributed by atoms with Crippen LogP contribution in [0.3, 0.4) is 0 Å². The zero-order valence-electron chi connectivity index (χ0n) is 22.9. The summed E-state index contributed by atoms with van der Waals surface area (Å²) in [6, 6.07) is 12.0. The Morgan fingerprint density at radius 2 is 1.50 bits per heavy atom. The van der Waals surface area contributed by atoms with Crippen molar-refractivity contribution in [2.45, 2.75) is 78.1 Å². The lowest BCUT2D eigenvalue weighted by Crippen LogP contribution is -2.34. The van der Waals surface area contributed by atoms with Gasteiger partial charge in [-0.2, -0.15) is 5.10 Å². The summed E-state index contributed by atoms with van der Waals surface area (Å²) >= 11 is 0. The fraction of sp³-hybridized carbons (Fsp3) is 0.467. The van der Waals surface area contributed by atoms with Crippen molar-refractivity contribution in [3.05, 3.63) is 59.2 Å². The number of aryl methyl sites for hydroxylation is 1. The maximum Gasteiger partial charge on any atom is 0.343 e. The molecular formula is C30H41N3O5. The van der Waals surface area contributed by atoms with Gasteiger partial charge in [-0.1, -0.05) is 76.0 Å². The first-order valence-electron chi connectivity index (χ1n) is 13.5. The van der Waals surface area contributed by atoms with Crippen LogP contribution in [0.4, 0.5) is 0 Å². The molecule has 8 nitrogen and oxygen atoms in total. The SMILES string of the molecule is CCCCCCCCCCCC(=O)NCC(=O)N/N=C/c1ccc(OC(=O)c2ccc(C)cc2)c(OC)c1. The summed E-state index contributed by atoms with van der Waals surface area (Å²) in [5, 5.41) is 6.55. The van der Waals surface area contributed by atoms with Gasteiger partial charge in [-0.05, 0) is 49.2 Å². The molecule has 0 aliphatic heterocycles. The molecule has 0 aromatic heterocycles. The number of benzene rings is 2. The summed E-state index contributed by atoms with van der Waals surface area (Å²) < 4.78 is 10.8. The van der Waals surface area contributed by atoms with Crippen molar-refractivity contribution in [2.75, 3.05) is 13.7 Å². The zero-order chi connectivity index (χ0) is 27.6. The number of unbranched alkanes of at least 4 members (excludes halogenated alkanes) is 8. The van der Waals surface area contributed by atoms with Crippen LogP contribution in [0.1, 0.15) is 92.6 Å². The maximum atomic E-state index is 12.4. The van der Waals surface area contributed by atoms with Gasteiger partial charge in [0.2, 0.25) is 5.91 Å². The number of carbonyl (C=O) groups excluding carboxylic acids is 3. The van der Waals surface area contributed by atoms with Gasteiger partial charge in [0.1, 0.15) is 0 Å². The Morgan fingerprint density at radius 3 is 2.16 bits per heavy atom. The maximum absolute atomic E-state index is 12.4. The Hall–Kier alpha value is -3.68. The van der Waals surface area contributed by atoms with E-state index in [4.69, 9.17) is 9.47 Å². The van der Waals surface area contributed by atoms with Crippen LogP contribution in [0.15, 0.2) is 47.6 Å². The van der Waals surface area contributed by atoms with Crippen LogP contribution in [-0.2, 0) is 9.59 Å². The quantitative estimate of drug-likeness (QED) is 0.0908. The number of nitrogens with zero attached hydrogens (tertiary/aromatic N) is 1. The van der Waals surface area contributed by atoms with E-state index in [1.165, 1.54) is 51.8 Å². The summed E-state index contributed by atoms with van der Waals surface area (Å²) in [6.45, 7) is 4.02. The van der Waals surface area contributed by atoms with Crippen LogP contribution in [-0.4, -0.2) is 37.7 Å².